The molecular weight excluding hydrogens is 260 g/mol. The van der Waals surface area contributed by atoms with E-state index in [0.717, 1.165) is 11.4 Å². The first-order chi connectivity index (χ1) is 9.04. The fraction of sp³-hybridized carbons (Fsp3) is 0.400. The molecule has 1 N–H and O–H groups in total. The first-order valence-electron chi connectivity index (χ1n) is 6.39. The topological polar surface area (TPSA) is 38.1 Å². The molecule has 0 fully saturated rings. The lowest BCUT2D eigenvalue weighted by Gasteiger charge is -2.17. The third kappa shape index (κ3) is 2.82. The number of benzene rings is 1. The van der Waals surface area contributed by atoms with Gasteiger partial charge in [-0.1, -0.05) is 35.9 Å². The molecule has 0 aliphatic rings. The molecule has 0 aliphatic carbocycles. The fourth-order valence-electron chi connectivity index (χ4n) is 2.45. The lowest BCUT2D eigenvalue weighted by molar-refractivity contribution is 0.262. The summed E-state index contributed by atoms with van der Waals surface area (Å²) in [6.45, 7) is 4.06. The number of nitrogens with zero attached hydrogens (tertiary/aromatic N) is 2. The minimum atomic E-state index is 0.0495. The Morgan fingerprint density at radius 1 is 1.32 bits per heavy atom. The van der Waals surface area contributed by atoms with Crippen molar-refractivity contribution in [1.29, 1.82) is 0 Å². The van der Waals surface area contributed by atoms with E-state index in [1.165, 1.54) is 11.1 Å². The second-order valence-corrected chi connectivity index (χ2v) is 5.29. The van der Waals surface area contributed by atoms with Crippen molar-refractivity contribution < 1.29 is 5.11 Å². The number of halogens is 1. The molecule has 4 heteroatoms. The average Bonchev–Trinajstić information content (AvgIpc) is 2.63. The third-order valence-electron chi connectivity index (χ3n) is 3.55. The van der Waals surface area contributed by atoms with Crippen molar-refractivity contribution in [3.05, 3.63) is 51.8 Å². The first kappa shape index (κ1) is 14.1. The SMILES string of the molecule is Cc1ccccc1C(CO)Cc1c(Cl)c(C)nn1C. The highest BCUT2D eigenvalue weighted by Gasteiger charge is 2.19. The lowest BCUT2D eigenvalue weighted by atomic mass is 9.91. The molecule has 1 aromatic heterocycles. The van der Waals surface area contributed by atoms with Crippen molar-refractivity contribution >= 4 is 11.6 Å². The van der Waals surface area contributed by atoms with Gasteiger partial charge in [0.2, 0.25) is 0 Å². The number of aromatic nitrogens is 2. The zero-order chi connectivity index (χ0) is 14.0. The lowest BCUT2D eigenvalue weighted by Crippen LogP contribution is -2.12. The molecule has 0 saturated carbocycles. The van der Waals surface area contributed by atoms with E-state index in [-0.39, 0.29) is 12.5 Å². The summed E-state index contributed by atoms with van der Waals surface area (Å²) in [5, 5.41) is 14.7. The summed E-state index contributed by atoms with van der Waals surface area (Å²) in [5.74, 6) is 0.0495. The smallest absolute Gasteiger partial charge is 0.0847 e. The maximum absolute atomic E-state index is 9.68. The van der Waals surface area contributed by atoms with E-state index < -0.39 is 0 Å². The standard InChI is InChI=1S/C15H19ClN2O/c1-10-6-4-5-7-13(10)12(9-19)8-14-15(16)11(2)17-18(14)3/h4-7,12,19H,8-9H2,1-3H3. The molecule has 0 aliphatic heterocycles. The van der Waals surface area contributed by atoms with E-state index in [9.17, 15) is 5.11 Å². The van der Waals surface area contributed by atoms with E-state index in [1.807, 2.05) is 26.1 Å². The Labute approximate surface area is 118 Å². The minimum absolute atomic E-state index is 0.0495. The van der Waals surface area contributed by atoms with Gasteiger partial charge < -0.3 is 5.11 Å². The normalized spacial score (nSPS) is 12.7. The van der Waals surface area contributed by atoms with Gasteiger partial charge in [-0.15, -0.1) is 0 Å². The summed E-state index contributed by atoms with van der Waals surface area (Å²) in [5.41, 5.74) is 4.17. The molecular formula is C15H19ClN2O. The van der Waals surface area contributed by atoms with Crippen molar-refractivity contribution in [2.24, 2.45) is 7.05 Å². The van der Waals surface area contributed by atoms with Gasteiger partial charge in [0.15, 0.2) is 0 Å². The number of aliphatic hydroxyl groups excluding tert-OH is 1. The van der Waals surface area contributed by atoms with Crippen molar-refractivity contribution in [2.45, 2.75) is 26.2 Å². The van der Waals surface area contributed by atoms with Crippen LogP contribution >= 0.6 is 11.6 Å². The Morgan fingerprint density at radius 2 is 2.00 bits per heavy atom. The van der Waals surface area contributed by atoms with Gasteiger partial charge in [0.05, 0.1) is 23.0 Å². The molecule has 1 atom stereocenters. The van der Waals surface area contributed by atoms with Crippen LogP contribution in [0.25, 0.3) is 0 Å². The van der Waals surface area contributed by atoms with Gasteiger partial charge in [0.1, 0.15) is 0 Å². The van der Waals surface area contributed by atoms with Crippen LogP contribution in [-0.4, -0.2) is 21.5 Å². The van der Waals surface area contributed by atoms with Gasteiger partial charge >= 0.3 is 0 Å². The van der Waals surface area contributed by atoms with Crippen LogP contribution in [0.3, 0.4) is 0 Å². The molecule has 3 nitrogen and oxygen atoms in total. The number of rotatable bonds is 4. The monoisotopic (exact) mass is 278 g/mol. The Bertz CT molecular complexity index is 578. The Morgan fingerprint density at radius 3 is 2.53 bits per heavy atom. The highest BCUT2D eigenvalue weighted by Crippen LogP contribution is 2.28. The minimum Gasteiger partial charge on any atom is -0.396 e. The van der Waals surface area contributed by atoms with Crippen molar-refractivity contribution in [1.82, 2.24) is 9.78 Å². The maximum Gasteiger partial charge on any atom is 0.0847 e. The first-order valence-corrected chi connectivity index (χ1v) is 6.76. The number of aryl methyl sites for hydroxylation is 3. The summed E-state index contributed by atoms with van der Waals surface area (Å²) >= 11 is 6.28. The molecule has 1 heterocycles. The number of hydrogen-bond donors (Lipinski definition) is 1. The van der Waals surface area contributed by atoms with E-state index in [2.05, 4.69) is 24.2 Å². The van der Waals surface area contributed by atoms with Gasteiger partial charge in [-0.3, -0.25) is 4.68 Å². The molecule has 0 bridgehead atoms. The Hall–Kier alpha value is -1.32. The van der Waals surface area contributed by atoms with Crippen molar-refractivity contribution in [2.75, 3.05) is 6.61 Å². The van der Waals surface area contributed by atoms with Crippen LogP contribution in [-0.2, 0) is 13.5 Å². The average molecular weight is 279 g/mol. The van der Waals surface area contributed by atoms with Crippen LogP contribution in [0.4, 0.5) is 0 Å². The van der Waals surface area contributed by atoms with Crippen LogP contribution in [0.1, 0.15) is 28.4 Å². The molecule has 0 amide bonds. The summed E-state index contributed by atoms with van der Waals surface area (Å²) in [6.07, 6.45) is 0.692. The molecule has 2 aromatic rings. The van der Waals surface area contributed by atoms with E-state index in [1.54, 1.807) is 4.68 Å². The zero-order valence-electron chi connectivity index (χ0n) is 11.5. The van der Waals surface area contributed by atoms with E-state index in [0.29, 0.717) is 11.4 Å². The van der Waals surface area contributed by atoms with Crippen LogP contribution in [0.2, 0.25) is 5.02 Å². The molecule has 0 spiro atoms. The quantitative estimate of drug-likeness (QED) is 0.934. The molecule has 0 saturated heterocycles. The third-order valence-corrected chi connectivity index (χ3v) is 4.04. The second kappa shape index (κ2) is 5.76. The van der Waals surface area contributed by atoms with E-state index in [4.69, 9.17) is 11.6 Å². The molecule has 19 heavy (non-hydrogen) atoms. The highest BCUT2D eigenvalue weighted by atomic mass is 35.5. The predicted molar refractivity (Wildman–Crippen MR) is 77.7 cm³/mol. The van der Waals surface area contributed by atoms with Crippen LogP contribution in [0.15, 0.2) is 24.3 Å². The molecule has 0 radical (unpaired) electrons. The Kier molecular flexibility index (Phi) is 4.27. The summed E-state index contributed by atoms with van der Waals surface area (Å²) in [4.78, 5) is 0. The van der Waals surface area contributed by atoms with Crippen molar-refractivity contribution in [3.8, 4) is 0 Å². The molecule has 2 rings (SSSR count). The maximum atomic E-state index is 9.68. The fourth-order valence-corrected chi connectivity index (χ4v) is 2.69. The molecule has 1 unspecified atom stereocenters. The van der Waals surface area contributed by atoms with Gasteiger partial charge in [-0.05, 0) is 31.4 Å². The molecule has 102 valence electrons. The summed E-state index contributed by atoms with van der Waals surface area (Å²) in [6, 6.07) is 8.14. The number of aliphatic hydroxyl groups is 1. The van der Waals surface area contributed by atoms with Crippen LogP contribution in [0.5, 0.6) is 0 Å². The highest BCUT2D eigenvalue weighted by molar-refractivity contribution is 6.31. The molecule has 1 aromatic carbocycles. The number of hydrogen-bond acceptors (Lipinski definition) is 2. The largest absolute Gasteiger partial charge is 0.396 e. The predicted octanol–water partition coefficient (Wildman–Crippen LogP) is 3.01. The van der Waals surface area contributed by atoms with Gasteiger partial charge in [0.25, 0.3) is 0 Å². The second-order valence-electron chi connectivity index (χ2n) is 4.91. The summed E-state index contributed by atoms with van der Waals surface area (Å²) < 4.78 is 1.80. The van der Waals surface area contributed by atoms with Crippen molar-refractivity contribution in [3.63, 3.8) is 0 Å². The Balaban J connectivity index is 2.32. The van der Waals surface area contributed by atoms with Crippen LogP contribution < -0.4 is 0 Å². The van der Waals surface area contributed by atoms with Gasteiger partial charge in [0, 0.05) is 13.0 Å². The van der Waals surface area contributed by atoms with Crippen LogP contribution in [0, 0.1) is 13.8 Å². The van der Waals surface area contributed by atoms with Gasteiger partial charge in [-0.25, -0.2) is 0 Å². The van der Waals surface area contributed by atoms with Gasteiger partial charge in [-0.2, -0.15) is 5.10 Å². The summed E-state index contributed by atoms with van der Waals surface area (Å²) in [7, 11) is 1.89. The van der Waals surface area contributed by atoms with E-state index >= 15 is 0 Å². The zero-order valence-corrected chi connectivity index (χ0v) is 12.3.